The lowest BCUT2D eigenvalue weighted by Crippen LogP contribution is -2.15. The molecule has 1 aromatic heterocycles. The molecular weight excluding hydrogens is 308 g/mol. The van der Waals surface area contributed by atoms with Gasteiger partial charge in [-0.1, -0.05) is 13.0 Å². The molecular formula is C14H16N2O3S2. The van der Waals surface area contributed by atoms with Crippen LogP contribution in [-0.4, -0.2) is 14.3 Å². The summed E-state index contributed by atoms with van der Waals surface area (Å²) in [5.74, 6) is -0.239. The largest absolute Gasteiger partial charge is 0.321 e. The molecule has 7 heteroatoms. The number of hydrogen-bond donors (Lipinski definition) is 2. The third-order valence-corrected chi connectivity index (χ3v) is 4.99. The van der Waals surface area contributed by atoms with Crippen molar-refractivity contribution in [2.75, 3.05) is 5.32 Å². The van der Waals surface area contributed by atoms with E-state index < -0.39 is 10.0 Å². The van der Waals surface area contributed by atoms with Crippen molar-refractivity contribution in [3.8, 4) is 0 Å². The van der Waals surface area contributed by atoms with Crippen molar-refractivity contribution in [2.24, 2.45) is 5.14 Å². The van der Waals surface area contributed by atoms with E-state index >= 15 is 0 Å². The molecule has 0 unspecified atom stereocenters. The Labute approximate surface area is 127 Å². The topological polar surface area (TPSA) is 89.3 Å². The summed E-state index contributed by atoms with van der Waals surface area (Å²) in [6, 6.07) is 6.32. The second-order valence-corrected chi connectivity index (χ2v) is 7.08. The Balaban J connectivity index is 2.33. The van der Waals surface area contributed by atoms with Crippen LogP contribution < -0.4 is 10.5 Å². The summed E-state index contributed by atoms with van der Waals surface area (Å²) in [4.78, 5) is 12.9. The number of aryl methyl sites for hydroxylation is 2. The zero-order valence-electron chi connectivity index (χ0n) is 11.7. The average molecular weight is 324 g/mol. The van der Waals surface area contributed by atoms with Crippen molar-refractivity contribution in [1.82, 2.24) is 0 Å². The van der Waals surface area contributed by atoms with Gasteiger partial charge in [0.1, 0.15) is 0 Å². The maximum atomic E-state index is 12.3. The minimum Gasteiger partial charge on any atom is -0.321 e. The summed E-state index contributed by atoms with van der Waals surface area (Å²) < 4.78 is 22.8. The Kier molecular flexibility index (Phi) is 4.46. The molecule has 21 heavy (non-hydrogen) atoms. The number of primary sulfonamides is 1. The number of hydrogen-bond acceptors (Lipinski definition) is 4. The van der Waals surface area contributed by atoms with E-state index in [9.17, 15) is 13.2 Å². The highest BCUT2D eigenvalue weighted by Crippen LogP contribution is 2.23. The molecule has 0 atom stereocenters. The fourth-order valence-electron chi connectivity index (χ4n) is 1.91. The molecule has 0 aliphatic heterocycles. The van der Waals surface area contributed by atoms with Gasteiger partial charge in [-0.2, -0.15) is 0 Å². The molecule has 0 aliphatic rings. The summed E-state index contributed by atoms with van der Waals surface area (Å²) in [5.41, 5.74) is 2.19. The molecule has 0 spiro atoms. The number of carbonyl (C=O) groups is 1. The van der Waals surface area contributed by atoms with Gasteiger partial charge in [0.05, 0.1) is 9.77 Å². The highest BCUT2D eigenvalue weighted by Gasteiger charge is 2.15. The normalized spacial score (nSPS) is 11.4. The Hall–Kier alpha value is -1.70. The van der Waals surface area contributed by atoms with Gasteiger partial charge in [-0.15, -0.1) is 11.3 Å². The van der Waals surface area contributed by atoms with Crippen LogP contribution in [0.3, 0.4) is 0 Å². The molecule has 5 nitrogen and oxygen atoms in total. The van der Waals surface area contributed by atoms with Gasteiger partial charge in [0.25, 0.3) is 5.91 Å². The third-order valence-electron chi connectivity index (χ3n) is 3.12. The van der Waals surface area contributed by atoms with Crippen LogP contribution in [0.25, 0.3) is 0 Å². The molecule has 2 rings (SSSR count). The van der Waals surface area contributed by atoms with Crippen LogP contribution in [0.5, 0.6) is 0 Å². The molecule has 0 saturated heterocycles. The van der Waals surface area contributed by atoms with E-state index in [1.165, 1.54) is 23.5 Å². The van der Waals surface area contributed by atoms with Crippen LogP contribution in [0.15, 0.2) is 34.5 Å². The molecule has 2 aromatic rings. The van der Waals surface area contributed by atoms with E-state index in [-0.39, 0.29) is 10.8 Å². The second kappa shape index (κ2) is 5.97. The quantitative estimate of drug-likeness (QED) is 0.905. The van der Waals surface area contributed by atoms with Gasteiger partial charge in [-0.25, -0.2) is 13.6 Å². The lowest BCUT2D eigenvalue weighted by atomic mass is 10.1. The van der Waals surface area contributed by atoms with Crippen LogP contribution in [0, 0.1) is 6.92 Å². The Morgan fingerprint density at radius 2 is 2.05 bits per heavy atom. The molecule has 0 bridgehead atoms. The Bertz CT molecular complexity index is 779. The number of nitrogens with two attached hydrogens (primary N) is 1. The first-order valence-corrected chi connectivity index (χ1v) is 8.76. The average Bonchev–Trinajstić information content (AvgIpc) is 2.88. The molecule has 1 aromatic carbocycles. The maximum Gasteiger partial charge on any atom is 0.266 e. The summed E-state index contributed by atoms with van der Waals surface area (Å²) >= 11 is 1.36. The number of sulfonamides is 1. The van der Waals surface area contributed by atoms with Crippen molar-refractivity contribution < 1.29 is 13.2 Å². The van der Waals surface area contributed by atoms with Crippen molar-refractivity contribution in [1.29, 1.82) is 0 Å². The Morgan fingerprint density at radius 1 is 1.33 bits per heavy atom. The van der Waals surface area contributed by atoms with E-state index in [1.807, 2.05) is 18.4 Å². The Morgan fingerprint density at radius 3 is 2.67 bits per heavy atom. The monoisotopic (exact) mass is 324 g/mol. The van der Waals surface area contributed by atoms with Crippen molar-refractivity contribution in [2.45, 2.75) is 25.2 Å². The second-order valence-electron chi connectivity index (χ2n) is 4.60. The highest BCUT2D eigenvalue weighted by atomic mass is 32.2. The van der Waals surface area contributed by atoms with E-state index in [0.717, 1.165) is 17.5 Å². The number of benzene rings is 1. The van der Waals surface area contributed by atoms with E-state index in [4.69, 9.17) is 5.14 Å². The first-order valence-electron chi connectivity index (χ1n) is 6.34. The SMILES string of the molecule is CCc1ccsc1C(=O)Nc1cc(S(N)(=O)=O)ccc1C. The van der Waals surface area contributed by atoms with Crippen molar-refractivity contribution >= 4 is 33.0 Å². The van der Waals surface area contributed by atoms with Gasteiger partial charge in [0.2, 0.25) is 10.0 Å². The number of nitrogens with one attached hydrogen (secondary N) is 1. The zero-order chi connectivity index (χ0) is 15.6. The minimum absolute atomic E-state index is 0.0229. The van der Waals surface area contributed by atoms with E-state index in [1.54, 1.807) is 13.0 Å². The number of rotatable bonds is 4. The fraction of sp³-hybridized carbons (Fsp3) is 0.214. The molecule has 1 heterocycles. The fourth-order valence-corrected chi connectivity index (χ4v) is 3.34. The van der Waals surface area contributed by atoms with Gasteiger partial charge in [-0.3, -0.25) is 4.79 Å². The zero-order valence-corrected chi connectivity index (χ0v) is 13.3. The van der Waals surface area contributed by atoms with Gasteiger partial charge in [0.15, 0.2) is 0 Å². The lowest BCUT2D eigenvalue weighted by molar-refractivity contribution is 0.102. The van der Waals surface area contributed by atoms with Gasteiger partial charge in [0, 0.05) is 5.69 Å². The third kappa shape index (κ3) is 3.49. The number of thiophene rings is 1. The number of amides is 1. The van der Waals surface area contributed by atoms with Crippen molar-refractivity contribution in [3.05, 3.63) is 45.6 Å². The summed E-state index contributed by atoms with van der Waals surface area (Å²) in [5, 5.41) is 9.72. The van der Waals surface area contributed by atoms with E-state index in [2.05, 4.69) is 5.32 Å². The van der Waals surface area contributed by atoms with Crippen LogP contribution in [0.4, 0.5) is 5.69 Å². The highest BCUT2D eigenvalue weighted by molar-refractivity contribution is 7.89. The predicted molar refractivity (Wildman–Crippen MR) is 84.2 cm³/mol. The summed E-state index contributed by atoms with van der Waals surface area (Å²) in [7, 11) is -3.79. The standard InChI is InChI=1S/C14H16N2O3S2/c1-3-10-6-7-20-13(10)14(17)16-12-8-11(21(15,18)19)5-4-9(12)2/h4-8H,3H2,1-2H3,(H,16,17)(H2,15,18,19). The van der Waals surface area contributed by atoms with Gasteiger partial charge >= 0.3 is 0 Å². The summed E-state index contributed by atoms with van der Waals surface area (Å²) in [6.45, 7) is 3.77. The van der Waals surface area contributed by atoms with Gasteiger partial charge in [-0.05, 0) is 48.1 Å². The molecule has 1 amide bonds. The summed E-state index contributed by atoms with van der Waals surface area (Å²) in [6.07, 6.45) is 0.766. The van der Waals surface area contributed by atoms with Crippen LogP contribution in [-0.2, 0) is 16.4 Å². The molecule has 3 N–H and O–H groups in total. The predicted octanol–water partition coefficient (Wildman–Crippen LogP) is 2.52. The number of anilines is 1. The molecule has 112 valence electrons. The van der Waals surface area contributed by atoms with Crippen LogP contribution in [0.2, 0.25) is 0 Å². The first-order chi connectivity index (χ1) is 9.82. The molecule has 0 radical (unpaired) electrons. The first kappa shape index (κ1) is 15.7. The number of carbonyl (C=O) groups excluding carboxylic acids is 1. The smallest absolute Gasteiger partial charge is 0.266 e. The maximum absolute atomic E-state index is 12.3. The lowest BCUT2D eigenvalue weighted by Gasteiger charge is -2.10. The minimum atomic E-state index is -3.79. The van der Waals surface area contributed by atoms with Crippen molar-refractivity contribution in [3.63, 3.8) is 0 Å². The van der Waals surface area contributed by atoms with Gasteiger partial charge < -0.3 is 5.32 Å². The molecule has 0 aliphatic carbocycles. The molecule has 0 fully saturated rings. The molecule has 0 saturated carbocycles. The van der Waals surface area contributed by atoms with Crippen LogP contribution in [0.1, 0.15) is 27.7 Å². The van der Waals surface area contributed by atoms with E-state index in [0.29, 0.717) is 10.6 Å². The van der Waals surface area contributed by atoms with Crippen LogP contribution >= 0.6 is 11.3 Å².